The van der Waals surface area contributed by atoms with Gasteiger partial charge in [0, 0.05) is 12.0 Å². The largest absolute Gasteiger partial charge is 0.312 e. The lowest BCUT2D eigenvalue weighted by Crippen LogP contribution is -2.40. The van der Waals surface area contributed by atoms with E-state index >= 15 is 0 Å². The normalized spacial score (nSPS) is 14.6. The molecule has 1 aliphatic heterocycles. The summed E-state index contributed by atoms with van der Waals surface area (Å²) in [5.41, 5.74) is 4.18. The molecule has 2 N–H and O–H groups in total. The molecule has 1 amide bonds. The van der Waals surface area contributed by atoms with Crippen LogP contribution < -0.4 is 10.0 Å². The Morgan fingerprint density at radius 2 is 1.50 bits per heavy atom. The van der Waals surface area contributed by atoms with E-state index in [-0.39, 0.29) is 11.7 Å². The summed E-state index contributed by atoms with van der Waals surface area (Å²) in [4.78, 5) is 15.2. The number of amides is 1. The van der Waals surface area contributed by atoms with Crippen molar-refractivity contribution in [3.63, 3.8) is 0 Å². The first-order chi connectivity index (χ1) is 13.3. The van der Waals surface area contributed by atoms with E-state index in [1.165, 1.54) is 0 Å². The molecule has 1 heterocycles. The molecule has 0 saturated heterocycles. The molecule has 28 heavy (non-hydrogen) atoms. The topological polar surface area (TPSA) is 79.6 Å². The van der Waals surface area contributed by atoms with Gasteiger partial charge in [0.05, 0.1) is 11.8 Å². The highest BCUT2D eigenvalue weighted by atomic mass is 32.2. The highest BCUT2D eigenvalue weighted by Gasteiger charge is 2.24. The van der Waals surface area contributed by atoms with Gasteiger partial charge in [-0.1, -0.05) is 48.5 Å². The zero-order valence-corrected chi connectivity index (χ0v) is 16.5. The van der Waals surface area contributed by atoms with Gasteiger partial charge in [0.15, 0.2) is 5.69 Å². The van der Waals surface area contributed by atoms with Gasteiger partial charge in [0.1, 0.15) is 5.82 Å². The summed E-state index contributed by atoms with van der Waals surface area (Å²) in [6.45, 7) is 10.2. The fourth-order valence-corrected chi connectivity index (χ4v) is 3.56. The molecule has 0 bridgehead atoms. The minimum atomic E-state index is -3.57. The number of hydrogen-bond acceptors (Lipinski definition) is 3. The molecule has 0 fully saturated rings. The molecule has 2 aromatic carbocycles. The predicted octanol–water partition coefficient (Wildman–Crippen LogP) is 3.81. The van der Waals surface area contributed by atoms with Crippen LogP contribution in [-0.4, -0.2) is 19.6 Å². The molecular formula is C21H21N3O3S. The first-order valence-corrected chi connectivity index (χ1v) is 10.5. The van der Waals surface area contributed by atoms with E-state index in [2.05, 4.69) is 14.9 Å². The number of nitrogens with zero attached hydrogens (tertiary/aromatic N) is 1. The Hall–Kier alpha value is -3.11. The average molecular weight is 395 g/mol. The summed E-state index contributed by atoms with van der Waals surface area (Å²) in [6, 6.07) is 15.0. The molecule has 6 nitrogen and oxygen atoms in total. The van der Waals surface area contributed by atoms with Crippen LogP contribution in [0.4, 0.5) is 5.69 Å². The van der Waals surface area contributed by atoms with Gasteiger partial charge in [0.2, 0.25) is 15.9 Å². The van der Waals surface area contributed by atoms with Crippen LogP contribution in [0, 0.1) is 6.57 Å². The molecule has 0 aliphatic carbocycles. The van der Waals surface area contributed by atoms with Gasteiger partial charge in [-0.15, -0.1) is 0 Å². The van der Waals surface area contributed by atoms with Gasteiger partial charge in [0.25, 0.3) is 0 Å². The Morgan fingerprint density at radius 1 is 0.964 bits per heavy atom. The fraction of sp³-hybridized carbons (Fsp3) is 0.238. The summed E-state index contributed by atoms with van der Waals surface area (Å²) in [7, 11) is -3.57. The number of benzene rings is 2. The number of carbonyl (C=O) groups is 1. The molecule has 0 spiro atoms. The van der Waals surface area contributed by atoms with E-state index in [1.807, 2.05) is 36.4 Å². The fourth-order valence-electron chi connectivity index (χ4n) is 2.87. The number of allylic oxidation sites excluding steroid dienone is 1. The van der Waals surface area contributed by atoms with Crippen LogP contribution in [0.2, 0.25) is 0 Å². The third-order valence-electron chi connectivity index (χ3n) is 4.60. The quantitative estimate of drug-likeness (QED) is 0.756. The second kappa shape index (κ2) is 7.87. The van der Waals surface area contributed by atoms with Crippen LogP contribution in [0.3, 0.4) is 0 Å². The van der Waals surface area contributed by atoms with Crippen LogP contribution >= 0.6 is 0 Å². The molecule has 7 heteroatoms. The summed E-state index contributed by atoms with van der Waals surface area (Å²) in [5, 5.41) is 2.05. The molecule has 1 aliphatic rings. The first-order valence-electron chi connectivity index (χ1n) is 8.93. The Bertz CT molecular complexity index is 1060. The first kappa shape index (κ1) is 19.6. The molecule has 2 aromatic rings. The van der Waals surface area contributed by atoms with Crippen LogP contribution in [0.1, 0.15) is 32.3 Å². The predicted molar refractivity (Wildman–Crippen MR) is 110 cm³/mol. The minimum Gasteiger partial charge on any atom is -0.312 e. The van der Waals surface area contributed by atoms with Crippen molar-refractivity contribution in [2.45, 2.75) is 31.9 Å². The molecule has 144 valence electrons. The van der Waals surface area contributed by atoms with Crippen molar-refractivity contribution in [1.82, 2.24) is 10.0 Å². The van der Waals surface area contributed by atoms with Crippen molar-refractivity contribution in [1.29, 1.82) is 0 Å². The van der Waals surface area contributed by atoms with Gasteiger partial charge in [-0.05, 0) is 37.0 Å². The van der Waals surface area contributed by atoms with Crippen molar-refractivity contribution >= 4 is 27.2 Å². The molecule has 0 saturated carbocycles. The van der Waals surface area contributed by atoms with Crippen molar-refractivity contribution in [2.75, 3.05) is 0 Å². The van der Waals surface area contributed by atoms with Gasteiger partial charge in [-0.2, -0.15) is 0 Å². The molecule has 0 aromatic heterocycles. The van der Waals surface area contributed by atoms with Crippen molar-refractivity contribution in [3.8, 4) is 11.1 Å². The lowest BCUT2D eigenvalue weighted by atomic mass is 9.96. The summed E-state index contributed by atoms with van der Waals surface area (Å²) in [6.07, 6.45) is 0.767. The second-order valence-corrected chi connectivity index (χ2v) is 9.07. The van der Waals surface area contributed by atoms with Gasteiger partial charge >= 0.3 is 0 Å². The lowest BCUT2D eigenvalue weighted by Gasteiger charge is -2.23. The van der Waals surface area contributed by atoms with Crippen molar-refractivity contribution < 1.29 is 13.2 Å². The Kier molecular flexibility index (Phi) is 5.52. The van der Waals surface area contributed by atoms with E-state index in [0.29, 0.717) is 18.5 Å². The third kappa shape index (κ3) is 4.24. The summed E-state index contributed by atoms with van der Waals surface area (Å²) >= 11 is 0. The Labute approximate surface area is 165 Å². The maximum absolute atomic E-state index is 12.3. The van der Waals surface area contributed by atoms with Gasteiger partial charge in [-0.25, -0.2) is 13.3 Å². The SMILES string of the molecule is [C-]#[N+]c1ccc(-c2ccc(C3=C(NS(=O)(=O)C(C)C)NC(=O)CC3)cc2)cc1. The lowest BCUT2D eigenvalue weighted by molar-refractivity contribution is -0.120. The second-order valence-electron chi connectivity index (χ2n) is 6.83. The number of carbonyl (C=O) groups excluding carboxylic acids is 1. The van der Waals surface area contributed by atoms with E-state index in [0.717, 1.165) is 22.3 Å². The molecule has 3 rings (SSSR count). The van der Waals surface area contributed by atoms with E-state index in [1.54, 1.807) is 26.0 Å². The van der Waals surface area contributed by atoms with E-state index < -0.39 is 15.3 Å². The smallest absolute Gasteiger partial charge is 0.236 e. The number of rotatable bonds is 5. The Morgan fingerprint density at radius 3 is 2.04 bits per heavy atom. The summed E-state index contributed by atoms with van der Waals surface area (Å²) in [5.74, 6) is 0.0286. The van der Waals surface area contributed by atoms with Crippen LogP contribution in [-0.2, 0) is 14.8 Å². The van der Waals surface area contributed by atoms with E-state index in [9.17, 15) is 13.2 Å². The summed E-state index contributed by atoms with van der Waals surface area (Å²) < 4.78 is 27.0. The molecule has 0 radical (unpaired) electrons. The zero-order chi connectivity index (χ0) is 20.3. The zero-order valence-electron chi connectivity index (χ0n) is 15.7. The molecule has 0 unspecified atom stereocenters. The molecular weight excluding hydrogens is 374 g/mol. The molecule has 0 atom stereocenters. The number of sulfonamides is 1. The highest BCUT2D eigenvalue weighted by molar-refractivity contribution is 7.90. The monoisotopic (exact) mass is 395 g/mol. The van der Waals surface area contributed by atoms with E-state index in [4.69, 9.17) is 6.57 Å². The van der Waals surface area contributed by atoms with Crippen molar-refractivity contribution in [2.24, 2.45) is 0 Å². The van der Waals surface area contributed by atoms with Gasteiger partial charge < -0.3 is 5.32 Å². The maximum atomic E-state index is 12.3. The third-order valence-corrected chi connectivity index (χ3v) is 6.33. The maximum Gasteiger partial charge on any atom is 0.236 e. The highest BCUT2D eigenvalue weighted by Crippen LogP contribution is 2.29. The van der Waals surface area contributed by atoms with Crippen LogP contribution in [0.25, 0.3) is 21.5 Å². The standard InChI is InChI=1S/C21H21N3O3S/c1-14(2)28(26,27)24-21-19(12-13-20(25)23-21)17-6-4-15(5-7-17)16-8-10-18(22-3)11-9-16/h4-11,14,24H,12-13H2,1-2H3,(H,23,25). The number of hydrogen-bond donors (Lipinski definition) is 2. The van der Waals surface area contributed by atoms with Crippen LogP contribution in [0.5, 0.6) is 0 Å². The van der Waals surface area contributed by atoms with Crippen LogP contribution in [0.15, 0.2) is 54.4 Å². The minimum absolute atomic E-state index is 0.207. The Balaban J connectivity index is 1.94. The number of nitrogens with one attached hydrogen (secondary N) is 2. The van der Waals surface area contributed by atoms with Crippen molar-refractivity contribution in [3.05, 3.63) is 71.3 Å². The van der Waals surface area contributed by atoms with Gasteiger partial charge in [-0.3, -0.25) is 9.52 Å². The average Bonchev–Trinajstić information content (AvgIpc) is 2.68.